The van der Waals surface area contributed by atoms with Crippen LogP contribution in [-0.2, 0) is 6.54 Å². The summed E-state index contributed by atoms with van der Waals surface area (Å²) < 4.78 is 0. The molecular weight excluding hydrogens is 220 g/mol. The molecule has 0 fully saturated rings. The van der Waals surface area contributed by atoms with E-state index in [1.807, 2.05) is 26.0 Å². The Morgan fingerprint density at radius 3 is 2.94 bits per heavy atom. The lowest BCUT2D eigenvalue weighted by atomic mass is 10.3. The summed E-state index contributed by atoms with van der Waals surface area (Å²) in [5, 5.41) is 16.4. The van der Waals surface area contributed by atoms with Gasteiger partial charge in [0.15, 0.2) is 5.82 Å². The molecule has 2 N–H and O–H groups in total. The van der Waals surface area contributed by atoms with E-state index in [9.17, 15) is 10.1 Å². The molecule has 92 valence electrons. The van der Waals surface area contributed by atoms with Gasteiger partial charge in [-0.15, -0.1) is 0 Å². The van der Waals surface area contributed by atoms with Crippen LogP contribution in [0.1, 0.15) is 19.4 Å². The van der Waals surface area contributed by atoms with Gasteiger partial charge in [-0.25, -0.2) is 0 Å². The lowest BCUT2D eigenvalue weighted by Crippen LogP contribution is -2.31. The third kappa shape index (κ3) is 5.50. The summed E-state index contributed by atoms with van der Waals surface area (Å²) in [6, 6.07) is 3.85. The molecule has 0 bridgehead atoms. The zero-order valence-electron chi connectivity index (χ0n) is 9.88. The largest absolute Gasteiger partial charge is 0.365 e. The van der Waals surface area contributed by atoms with E-state index in [-0.39, 0.29) is 6.04 Å². The topological polar surface area (TPSA) is 80.1 Å². The van der Waals surface area contributed by atoms with Gasteiger partial charge in [-0.05, 0) is 25.5 Å². The number of rotatable bonds is 6. The van der Waals surface area contributed by atoms with Crippen molar-refractivity contribution in [2.75, 3.05) is 0 Å². The van der Waals surface area contributed by atoms with Crippen LogP contribution >= 0.6 is 0 Å². The lowest BCUT2D eigenvalue weighted by molar-refractivity contribution is -0.404. The molecule has 0 amide bonds. The van der Waals surface area contributed by atoms with Crippen LogP contribution in [0.25, 0.3) is 0 Å². The summed E-state index contributed by atoms with van der Waals surface area (Å²) in [4.78, 5) is 13.9. The summed E-state index contributed by atoms with van der Waals surface area (Å²) in [6.07, 6.45) is 4.33. The number of nitro groups is 1. The van der Waals surface area contributed by atoms with Crippen LogP contribution in [0.4, 0.5) is 0 Å². The predicted octanol–water partition coefficient (Wildman–Crippen LogP) is 1.24. The van der Waals surface area contributed by atoms with Gasteiger partial charge in [0.1, 0.15) is 0 Å². The maximum absolute atomic E-state index is 10.4. The molecule has 1 rings (SSSR count). The Labute approximate surface area is 99.9 Å². The van der Waals surface area contributed by atoms with Gasteiger partial charge in [-0.2, -0.15) is 0 Å². The molecule has 0 spiro atoms. The first-order valence-corrected chi connectivity index (χ1v) is 5.32. The van der Waals surface area contributed by atoms with E-state index < -0.39 is 4.92 Å². The second-order valence-electron chi connectivity index (χ2n) is 3.84. The summed E-state index contributed by atoms with van der Waals surface area (Å²) >= 11 is 0. The van der Waals surface area contributed by atoms with E-state index in [0.717, 1.165) is 11.8 Å². The highest BCUT2D eigenvalue weighted by Crippen LogP contribution is 1.97. The fraction of sp³-hybridized carbons (Fsp3) is 0.364. The van der Waals surface area contributed by atoms with Gasteiger partial charge < -0.3 is 10.6 Å². The first-order valence-electron chi connectivity index (χ1n) is 5.32. The zero-order chi connectivity index (χ0) is 12.7. The second kappa shape index (κ2) is 6.47. The van der Waals surface area contributed by atoms with Gasteiger partial charge in [-0.3, -0.25) is 15.1 Å². The fourth-order valence-corrected chi connectivity index (χ4v) is 1.25. The number of hydrogen-bond donors (Lipinski definition) is 2. The highest BCUT2D eigenvalue weighted by atomic mass is 16.6. The highest BCUT2D eigenvalue weighted by molar-refractivity contribution is 5.09. The lowest BCUT2D eigenvalue weighted by Gasteiger charge is -2.13. The van der Waals surface area contributed by atoms with E-state index in [0.29, 0.717) is 12.4 Å². The number of aromatic nitrogens is 1. The van der Waals surface area contributed by atoms with Crippen molar-refractivity contribution in [3.05, 3.63) is 52.2 Å². The van der Waals surface area contributed by atoms with Crippen molar-refractivity contribution >= 4 is 0 Å². The third-order valence-electron chi connectivity index (χ3n) is 1.88. The number of pyridine rings is 1. The molecule has 0 atom stereocenters. The summed E-state index contributed by atoms with van der Waals surface area (Å²) in [7, 11) is 0. The van der Waals surface area contributed by atoms with Crippen LogP contribution in [0.3, 0.4) is 0 Å². The number of nitrogens with one attached hydrogen (secondary N) is 2. The Hall–Kier alpha value is -2.11. The average molecular weight is 236 g/mol. The van der Waals surface area contributed by atoms with Crippen molar-refractivity contribution in [3.63, 3.8) is 0 Å². The monoisotopic (exact) mass is 236 g/mol. The summed E-state index contributed by atoms with van der Waals surface area (Å²) in [5.41, 5.74) is 0.965. The van der Waals surface area contributed by atoms with E-state index in [4.69, 9.17) is 0 Å². The molecule has 0 unspecified atom stereocenters. The molecule has 0 saturated carbocycles. The molecule has 1 aromatic rings. The smallest absolute Gasteiger partial charge is 0.274 e. The minimum absolute atomic E-state index is 0.127. The summed E-state index contributed by atoms with van der Waals surface area (Å²) in [6.45, 7) is 4.33. The first-order chi connectivity index (χ1) is 8.08. The van der Waals surface area contributed by atoms with Gasteiger partial charge in [-0.1, -0.05) is 6.07 Å². The van der Waals surface area contributed by atoms with Crippen molar-refractivity contribution in [2.45, 2.75) is 26.4 Å². The van der Waals surface area contributed by atoms with Crippen LogP contribution in [0.5, 0.6) is 0 Å². The Kier molecular flexibility index (Phi) is 4.93. The minimum Gasteiger partial charge on any atom is -0.365 e. The molecule has 0 radical (unpaired) electrons. The molecule has 1 heterocycles. The molecular formula is C11H16N4O2. The Balaban J connectivity index is 2.58. The number of nitrogens with zero attached hydrogens (tertiary/aromatic N) is 2. The zero-order valence-corrected chi connectivity index (χ0v) is 9.88. The Bertz CT molecular complexity index is 390. The summed E-state index contributed by atoms with van der Waals surface area (Å²) in [5.74, 6) is 0.397. The van der Waals surface area contributed by atoms with Crippen molar-refractivity contribution < 1.29 is 4.92 Å². The Morgan fingerprint density at radius 1 is 1.65 bits per heavy atom. The molecule has 6 heteroatoms. The van der Waals surface area contributed by atoms with E-state index in [1.54, 1.807) is 12.4 Å². The van der Waals surface area contributed by atoms with Crippen LogP contribution in [0.15, 0.2) is 36.5 Å². The van der Waals surface area contributed by atoms with Crippen molar-refractivity contribution in [1.29, 1.82) is 0 Å². The predicted molar refractivity (Wildman–Crippen MR) is 64.4 cm³/mol. The molecule has 1 aromatic heterocycles. The van der Waals surface area contributed by atoms with Crippen molar-refractivity contribution in [1.82, 2.24) is 15.6 Å². The molecule has 0 aliphatic heterocycles. The van der Waals surface area contributed by atoms with Crippen LogP contribution in [0, 0.1) is 10.1 Å². The van der Waals surface area contributed by atoms with Crippen LogP contribution < -0.4 is 10.6 Å². The maximum atomic E-state index is 10.4. The van der Waals surface area contributed by atoms with Gasteiger partial charge in [0.05, 0.1) is 4.92 Å². The second-order valence-corrected chi connectivity index (χ2v) is 3.84. The normalized spacial score (nSPS) is 11.4. The molecule has 6 nitrogen and oxygen atoms in total. The average Bonchev–Trinajstić information content (AvgIpc) is 2.26. The van der Waals surface area contributed by atoms with E-state index >= 15 is 0 Å². The van der Waals surface area contributed by atoms with E-state index in [2.05, 4.69) is 15.6 Å². The third-order valence-corrected chi connectivity index (χ3v) is 1.88. The fourth-order valence-electron chi connectivity index (χ4n) is 1.25. The molecule has 17 heavy (non-hydrogen) atoms. The van der Waals surface area contributed by atoms with Crippen LogP contribution in [0.2, 0.25) is 0 Å². The van der Waals surface area contributed by atoms with Gasteiger partial charge in [0.2, 0.25) is 0 Å². The van der Waals surface area contributed by atoms with Crippen LogP contribution in [-0.4, -0.2) is 15.9 Å². The van der Waals surface area contributed by atoms with Crippen molar-refractivity contribution in [2.24, 2.45) is 0 Å². The van der Waals surface area contributed by atoms with Gasteiger partial charge >= 0.3 is 0 Å². The maximum Gasteiger partial charge on any atom is 0.274 e. The molecule has 0 aliphatic rings. The van der Waals surface area contributed by atoms with Gasteiger partial charge in [0.25, 0.3) is 6.20 Å². The standard InChI is InChI=1S/C11H16N4O2/c1-9(2)14-11(8-15(16)17)13-7-10-4-3-5-12-6-10/h3-6,8-9,13-14H,7H2,1-2H3/b11-8-. The quantitative estimate of drug-likeness (QED) is 0.574. The number of hydrogen-bond acceptors (Lipinski definition) is 5. The molecule has 0 saturated heterocycles. The highest BCUT2D eigenvalue weighted by Gasteiger charge is 2.04. The minimum atomic E-state index is -0.485. The Morgan fingerprint density at radius 2 is 2.41 bits per heavy atom. The van der Waals surface area contributed by atoms with E-state index in [1.165, 1.54) is 0 Å². The molecule has 0 aliphatic carbocycles. The molecule has 0 aromatic carbocycles. The SMILES string of the molecule is CC(C)N/C(=C\[N+](=O)[O-])NCc1cccnc1. The van der Waals surface area contributed by atoms with Gasteiger partial charge in [0, 0.05) is 25.0 Å². The van der Waals surface area contributed by atoms with Crippen molar-refractivity contribution in [3.8, 4) is 0 Å². The first kappa shape index (κ1) is 13.0.